The van der Waals surface area contributed by atoms with Crippen LogP contribution in [0.25, 0.3) is 33.6 Å². The van der Waals surface area contributed by atoms with Gasteiger partial charge < -0.3 is 24.5 Å². The summed E-state index contributed by atoms with van der Waals surface area (Å²) in [6, 6.07) is 9.38. The van der Waals surface area contributed by atoms with Gasteiger partial charge in [-0.1, -0.05) is 25.7 Å². The van der Waals surface area contributed by atoms with E-state index in [1.165, 1.54) is 4.31 Å². The van der Waals surface area contributed by atoms with Crippen LogP contribution < -0.4 is 14.8 Å². The first kappa shape index (κ1) is 29.4. The van der Waals surface area contributed by atoms with Crippen molar-refractivity contribution >= 4 is 43.8 Å². The van der Waals surface area contributed by atoms with Gasteiger partial charge in [-0.15, -0.1) is 0 Å². The average Bonchev–Trinajstić information content (AvgIpc) is 3.53. The Morgan fingerprint density at radius 2 is 1.74 bits per heavy atom. The number of aryl methyl sites for hydroxylation is 2. The van der Waals surface area contributed by atoms with Crippen LogP contribution in [-0.4, -0.2) is 77.4 Å². The number of amides is 1. The molecule has 2 bridgehead atoms. The molecule has 1 fully saturated rings. The van der Waals surface area contributed by atoms with Crippen molar-refractivity contribution in [2.45, 2.75) is 64.0 Å². The summed E-state index contributed by atoms with van der Waals surface area (Å²) in [4.78, 5) is 25.2. The number of carbonyl (C=O) groups is 1. The van der Waals surface area contributed by atoms with Gasteiger partial charge >= 0.3 is 0 Å². The molecule has 230 valence electrons. The molecule has 2 N–H and O–H groups in total. The van der Waals surface area contributed by atoms with E-state index < -0.39 is 10.0 Å². The van der Waals surface area contributed by atoms with E-state index in [-0.39, 0.29) is 17.7 Å². The van der Waals surface area contributed by atoms with Gasteiger partial charge in [0.25, 0.3) is 5.91 Å². The van der Waals surface area contributed by atoms with Gasteiger partial charge in [-0.3, -0.25) is 9.10 Å². The van der Waals surface area contributed by atoms with Crippen molar-refractivity contribution in [1.29, 1.82) is 0 Å². The number of carbonyl (C=O) groups excluding carboxylic acids is 1. The lowest BCUT2D eigenvalue weighted by Gasteiger charge is -2.30. The molecule has 4 aromatic rings. The molecule has 0 spiro atoms. The SMILES string of the molecule is COc1cc(C(=O)N2CCC[C@@H](N)C2)cc2nc(-c3cc4ccc5nc4n3CCCCCCCCS(=O)(=O)N5C)n(C)c12. The summed E-state index contributed by atoms with van der Waals surface area (Å²) in [6.45, 7) is 1.95. The second kappa shape index (κ2) is 11.8. The molecule has 3 aromatic heterocycles. The van der Waals surface area contributed by atoms with Gasteiger partial charge in [0, 0.05) is 50.7 Å². The molecule has 2 aliphatic heterocycles. The lowest BCUT2D eigenvalue weighted by Crippen LogP contribution is -2.45. The Bertz CT molecular complexity index is 1780. The number of nitrogens with two attached hydrogens (primary N) is 1. The third-order valence-corrected chi connectivity index (χ3v) is 10.7. The van der Waals surface area contributed by atoms with E-state index in [1.807, 2.05) is 28.6 Å². The fourth-order valence-corrected chi connectivity index (χ4v) is 7.67. The van der Waals surface area contributed by atoms with Crippen molar-refractivity contribution in [3.63, 3.8) is 0 Å². The highest BCUT2D eigenvalue weighted by atomic mass is 32.2. The number of aromatic nitrogens is 4. The smallest absolute Gasteiger partial charge is 0.254 e. The summed E-state index contributed by atoms with van der Waals surface area (Å²) >= 11 is 0. The van der Waals surface area contributed by atoms with Crippen molar-refractivity contribution in [3.05, 3.63) is 35.9 Å². The minimum Gasteiger partial charge on any atom is -0.494 e. The summed E-state index contributed by atoms with van der Waals surface area (Å²) in [5.41, 5.74) is 9.75. The maximum atomic E-state index is 13.5. The monoisotopic (exact) mass is 607 g/mol. The highest BCUT2D eigenvalue weighted by molar-refractivity contribution is 7.92. The van der Waals surface area contributed by atoms with Crippen molar-refractivity contribution in [1.82, 2.24) is 24.0 Å². The lowest BCUT2D eigenvalue weighted by atomic mass is 10.0. The molecule has 0 aliphatic carbocycles. The van der Waals surface area contributed by atoms with E-state index in [1.54, 1.807) is 26.3 Å². The van der Waals surface area contributed by atoms with E-state index in [9.17, 15) is 13.2 Å². The number of pyridine rings is 1. The van der Waals surface area contributed by atoms with Crippen molar-refractivity contribution in [2.24, 2.45) is 12.8 Å². The number of ether oxygens (including phenoxy) is 1. The van der Waals surface area contributed by atoms with Crippen molar-refractivity contribution in [3.8, 4) is 17.3 Å². The molecular weight excluding hydrogens is 566 g/mol. The number of hydrogen-bond acceptors (Lipinski definition) is 7. The molecule has 5 heterocycles. The standard InChI is InChI=1S/C31H41N7O4S/c1-35-28-24(17-22(19-26(28)42-3)31(39)37-14-10-11-23(32)20-37)33-30(35)25-18-21-12-13-27-34-29(21)38(25)15-8-6-4-5-7-9-16-43(40,41)36(27)2/h12-13,17-19,23H,4-11,14-16,20,32H2,1-3H3/t23-/m1/s1. The lowest BCUT2D eigenvalue weighted by molar-refractivity contribution is 0.0708. The van der Waals surface area contributed by atoms with Gasteiger partial charge in [-0.05, 0) is 56.0 Å². The van der Waals surface area contributed by atoms with Crippen LogP contribution >= 0.6 is 0 Å². The highest BCUT2D eigenvalue weighted by Gasteiger charge is 2.26. The zero-order valence-electron chi connectivity index (χ0n) is 25.3. The number of sulfonamides is 1. The summed E-state index contributed by atoms with van der Waals surface area (Å²) in [5.74, 6) is 1.75. The van der Waals surface area contributed by atoms with Crippen LogP contribution in [0.15, 0.2) is 30.3 Å². The molecule has 1 saturated heterocycles. The first-order valence-electron chi connectivity index (χ1n) is 15.2. The molecule has 1 atom stereocenters. The van der Waals surface area contributed by atoms with Crippen LogP contribution in [0.2, 0.25) is 0 Å². The predicted octanol–water partition coefficient (Wildman–Crippen LogP) is 4.28. The van der Waals surface area contributed by atoms with E-state index in [4.69, 9.17) is 20.4 Å². The number of rotatable bonds is 3. The summed E-state index contributed by atoms with van der Waals surface area (Å²) in [7, 11) is 1.67. The number of methoxy groups -OCH3 is 1. The van der Waals surface area contributed by atoms with E-state index >= 15 is 0 Å². The summed E-state index contributed by atoms with van der Waals surface area (Å²) in [5, 5.41) is 0.910. The van der Waals surface area contributed by atoms with Crippen LogP contribution in [0.3, 0.4) is 0 Å². The number of fused-ring (bicyclic) bond motifs is 2. The molecule has 2 aliphatic rings. The Kier molecular flexibility index (Phi) is 8.08. The van der Waals surface area contributed by atoms with E-state index in [2.05, 4.69) is 10.6 Å². The molecule has 0 radical (unpaired) electrons. The van der Waals surface area contributed by atoms with Crippen LogP contribution in [0, 0.1) is 0 Å². The van der Waals surface area contributed by atoms with Gasteiger partial charge in [0.2, 0.25) is 10.0 Å². The van der Waals surface area contributed by atoms with Gasteiger partial charge in [0.1, 0.15) is 22.7 Å². The first-order valence-corrected chi connectivity index (χ1v) is 16.9. The largest absolute Gasteiger partial charge is 0.494 e. The van der Waals surface area contributed by atoms with Crippen LogP contribution in [0.4, 0.5) is 5.82 Å². The minimum absolute atomic E-state index is 0.0106. The average molecular weight is 608 g/mol. The highest BCUT2D eigenvalue weighted by Crippen LogP contribution is 2.35. The van der Waals surface area contributed by atoms with E-state index in [0.29, 0.717) is 42.2 Å². The Morgan fingerprint density at radius 3 is 2.51 bits per heavy atom. The number of hydrogen-bond donors (Lipinski definition) is 1. The van der Waals surface area contributed by atoms with Gasteiger partial charge in [0.05, 0.1) is 24.1 Å². The number of imidazole rings is 1. The number of anilines is 1. The number of nitrogens with zero attached hydrogens (tertiary/aromatic N) is 6. The van der Waals surface area contributed by atoms with Gasteiger partial charge in [0.15, 0.2) is 5.82 Å². The van der Waals surface area contributed by atoms with Gasteiger partial charge in [-0.25, -0.2) is 18.4 Å². The summed E-state index contributed by atoms with van der Waals surface area (Å²) in [6.07, 6.45) is 7.47. The fourth-order valence-electron chi connectivity index (χ4n) is 6.44. The molecule has 1 aromatic carbocycles. The molecule has 43 heavy (non-hydrogen) atoms. The minimum atomic E-state index is -3.47. The molecule has 1 amide bonds. The number of likely N-dealkylation sites (tertiary alicyclic amines) is 1. The Hall–Kier alpha value is -3.64. The Balaban J connectivity index is 1.46. The maximum absolute atomic E-state index is 13.5. The molecule has 12 heteroatoms. The number of piperidine rings is 1. The normalized spacial score (nSPS) is 20.0. The molecule has 0 saturated carbocycles. The number of benzene rings is 1. The third-order valence-electron chi connectivity index (χ3n) is 8.88. The zero-order valence-corrected chi connectivity index (χ0v) is 26.1. The van der Waals surface area contributed by atoms with E-state index in [0.717, 1.165) is 79.6 Å². The van der Waals surface area contributed by atoms with Crippen LogP contribution in [-0.2, 0) is 23.6 Å². The third kappa shape index (κ3) is 5.58. The predicted molar refractivity (Wildman–Crippen MR) is 169 cm³/mol. The quantitative estimate of drug-likeness (QED) is 0.368. The first-order chi connectivity index (χ1) is 20.7. The second-order valence-electron chi connectivity index (χ2n) is 11.9. The molecular formula is C31H41N7O4S. The Labute approximate surface area is 252 Å². The summed E-state index contributed by atoms with van der Waals surface area (Å²) < 4.78 is 37.3. The van der Waals surface area contributed by atoms with Gasteiger partial charge in [-0.2, -0.15) is 0 Å². The Morgan fingerprint density at radius 1 is 0.977 bits per heavy atom. The van der Waals surface area contributed by atoms with Crippen LogP contribution in [0.1, 0.15) is 61.7 Å². The fraction of sp³-hybridized carbons (Fsp3) is 0.516. The van der Waals surface area contributed by atoms with Crippen molar-refractivity contribution < 1.29 is 17.9 Å². The molecule has 11 nitrogen and oxygen atoms in total. The van der Waals surface area contributed by atoms with Crippen LogP contribution in [0.5, 0.6) is 5.75 Å². The zero-order chi connectivity index (χ0) is 30.3. The second-order valence-corrected chi connectivity index (χ2v) is 14.0. The maximum Gasteiger partial charge on any atom is 0.254 e. The topological polar surface area (TPSA) is 129 Å². The molecule has 0 unspecified atom stereocenters. The van der Waals surface area contributed by atoms with Crippen molar-refractivity contribution in [2.75, 3.05) is 37.3 Å². The molecule has 6 rings (SSSR count).